The van der Waals surface area contributed by atoms with Gasteiger partial charge in [-0.15, -0.1) is 0 Å². The summed E-state index contributed by atoms with van der Waals surface area (Å²) in [5.74, 6) is 0. The van der Waals surface area contributed by atoms with Gasteiger partial charge < -0.3 is 0 Å². The van der Waals surface area contributed by atoms with Crippen molar-refractivity contribution < 1.29 is 3.84 Å². The van der Waals surface area contributed by atoms with Gasteiger partial charge in [-0.1, -0.05) is 0 Å². The molecule has 0 amide bonds. The molecule has 0 unspecified atom stereocenters. The van der Waals surface area contributed by atoms with Crippen LogP contribution < -0.4 is 0 Å². The van der Waals surface area contributed by atoms with E-state index in [-0.39, 0.29) is 26.6 Å². The van der Waals surface area contributed by atoms with Crippen LogP contribution in [0.5, 0.6) is 0 Å². The van der Waals surface area contributed by atoms with Crippen molar-refractivity contribution in [2.75, 3.05) is 0 Å². The predicted molar refractivity (Wildman–Crippen MR) is 18.5 cm³/mol. The van der Waals surface area contributed by atoms with Crippen molar-refractivity contribution in [3.63, 3.8) is 0 Å². The predicted octanol–water partition coefficient (Wildman–Crippen LogP) is 0.930. The zero-order valence-corrected chi connectivity index (χ0v) is 6.26. The molecule has 0 aromatic heterocycles. The van der Waals surface area contributed by atoms with Crippen LogP contribution in [0.3, 0.4) is 0 Å². The van der Waals surface area contributed by atoms with Gasteiger partial charge in [-0.25, -0.2) is 0 Å². The fourth-order valence-corrected chi connectivity index (χ4v) is 0. The van der Waals surface area contributed by atoms with E-state index in [1.54, 1.807) is 0 Å². The first-order valence-electron chi connectivity index (χ1n) is 0.309. The first kappa shape index (κ1) is 9.06. The second-order valence-electron chi connectivity index (χ2n) is 0.0583. The van der Waals surface area contributed by atoms with Crippen molar-refractivity contribution in [2.24, 2.45) is 0 Å². The van der Waals surface area contributed by atoms with E-state index < -0.39 is 0 Å². The van der Waals surface area contributed by atoms with E-state index in [9.17, 15) is 0 Å². The molecule has 4 heavy (non-hydrogen) atoms. The topological polar surface area (TPSA) is 9.23 Å². The van der Waals surface area contributed by atoms with Crippen molar-refractivity contribution in [3.8, 4) is 0 Å². The molecular weight excluding hydrogens is 296 g/mol. The molecule has 4 heteroatoms. The maximum atomic E-state index is 4.26. The zero-order chi connectivity index (χ0) is 2.71. The molecule has 2 radical (unpaired) electrons. The minimum atomic E-state index is 0. The zero-order valence-electron chi connectivity index (χ0n) is 1.57. The Morgan fingerprint density at radius 3 is 1.25 bits per heavy atom. The summed E-state index contributed by atoms with van der Waals surface area (Å²) in [6, 6.07) is 0. The summed E-state index contributed by atoms with van der Waals surface area (Å²) in [6.45, 7) is 0. The second-order valence-corrected chi connectivity index (χ2v) is 0.525. The van der Waals surface area contributed by atoms with Gasteiger partial charge in [-0.05, 0) is 0 Å². The van der Waals surface area contributed by atoms with Crippen LogP contribution in [-0.4, -0.2) is 26.6 Å². The molecule has 1 nitrogen and oxygen atoms in total. The van der Waals surface area contributed by atoms with Gasteiger partial charge in [0, 0.05) is 26.6 Å². The molecule has 0 spiro atoms. The summed E-state index contributed by atoms with van der Waals surface area (Å²) in [7, 11) is 0. The minimum absolute atomic E-state index is 0. The Labute approximate surface area is 54.0 Å². The van der Waals surface area contributed by atoms with Gasteiger partial charge >= 0.3 is 0 Å². The van der Waals surface area contributed by atoms with Crippen molar-refractivity contribution in [2.45, 2.75) is 0 Å². The first-order valence-corrected chi connectivity index (χ1v) is 0.926. The van der Waals surface area contributed by atoms with E-state index in [0.29, 0.717) is 0 Å². The molecule has 0 aromatic rings. The average molecular weight is 296 g/mol. The number of rotatable bonds is 0. The first-order chi connectivity index (χ1) is 1.41. The minimum Gasteiger partial charge on any atom is -0.166 e. The third-order valence-corrected chi connectivity index (χ3v) is 0. The van der Waals surface area contributed by atoms with Crippen molar-refractivity contribution in [1.82, 2.24) is 0 Å². The largest absolute Gasteiger partial charge is 0.166 e. The molecule has 0 aliphatic heterocycles. The quantitative estimate of drug-likeness (QED) is 0.646. The van der Waals surface area contributed by atoms with Crippen LogP contribution in [0.25, 0.3) is 0 Å². The summed E-state index contributed by atoms with van der Waals surface area (Å²) in [5, 5.41) is 0. The fourth-order valence-electron chi connectivity index (χ4n) is 0. The SMILES string of the molecule is ClOCl.[Po]. The maximum Gasteiger partial charge on any atom is 0.0832 e. The molecule has 0 saturated heterocycles. The normalized spacial score (nSPS) is 4.50. The third-order valence-electron chi connectivity index (χ3n) is 0. The van der Waals surface area contributed by atoms with Gasteiger partial charge in [0.2, 0.25) is 0 Å². The van der Waals surface area contributed by atoms with Crippen LogP contribution in [0.15, 0.2) is 0 Å². The summed E-state index contributed by atoms with van der Waals surface area (Å²) in [5.41, 5.74) is 0. The molecule has 0 N–H and O–H groups in total. The van der Waals surface area contributed by atoms with Crippen molar-refractivity contribution >= 4 is 50.3 Å². The summed E-state index contributed by atoms with van der Waals surface area (Å²) < 4.78 is 3.19. The van der Waals surface area contributed by atoms with Crippen LogP contribution in [-0.2, 0) is 3.84 Å². The van der Waals surface area contributed by atoms with E-state index in [4.69, 9.17) is 0 Å². The Morgan fingerprint density at radius 1 is 1.25 bits per heavy atom. The third kappa shape index (κ3) is 9.89. The second kappa shape index (κ2) is 8.83. The molecule has 0 fully saturated rings. The summed E-state index contributed by atoms with van der Waals surface area (Å²) in [6.07, 6.45) is 0. The number of hydrogen-bond donors (Lipinski definition) is 0. The van der Waals surface area contributed by atoms with Crippen LogP contribution in [0.4, 0.5) is 0 Å². The van der Waals surface area contributed by atoms with Crippen LogP contribution in [0, 0.1) is 0 Å². The van der Waals surface area contributed by atoms with Gasteiger partial charge in [0.1, 0.15) is 0 Å². The van der Waals surface area contributed by atoms with Gasteiger partial charge in [0.05, 0.1) is 23.7 Å². The molecular formula is Cl2OPo. The Kier molecular flexibility index (Phi) is 20.0. The van der Waals surface area contributed by atoms with Crippen LogP contribution >= 0.6 is 23.7 Å². The Balaban J connectivity index is 0. The monoisotopic (exact) mass is 295 g/mol. The molecule has 0 rings (SSSR count). The maximum absolute atomic E-state index is 4.26. The molecule has 0 aromatic carbocycles. The Bertz CT molecular complexity index is 6.00. The van der Waals surface area contributed by atoms with Gasteiger partial charge in [-0.3, -0.25) is 0 Å². The molecule has 0 aliphatic rings. The summed E-state index contributed by atoms with van der Waals surface area (Å²) >= 11 is 8.53. The number of halogens is 2. The molecule has 0 saturated carbocycles. The average Bonchev–Trinajstić information content (AvgIpc) is 0.918. The smallest absolute Gasteiger partial charge is 0.0832 e. The standard InChI is InChI=1S/Cl2O.Po/c1-3-2;. The van der Waals surface area contributed by atoms with Gasteiger partial charge in [0.25, 0.3) is 0 Å². The molecule has 0 heterocycles. The molecule has 0 aliphatic carbocycles. The molecule has 26 valence electrons. The van der Waals surface area contributed by atoms with E-state index >= 15 is 0 Å². The number of hydrogen-bond acceptors (Lipinski definition) is 1. The van der Waals surface area contributed by atoms with E-state index in [1.165, 1.54) is 0 Å². The van der Waals surface area contributed by atoms with E-state index in [2.05, 4.69) is 27.6 Å². The van der Waals surface area contributed by atoms with E-state index in [1.807, 2.05) is 0 Å². The Morgan fingerprint density at radius 2 is 1.25 bits per heavy atom. The Hall–Kier alpha value is 1.44. The van der Waals surface area contributed by atoms with Crippen molar-refractivity contribution in [3.05, 3.63) is 0 Å². The summed E-state index contributed by atoms with van der Waals surface area (Å²) in [4.78, 5) is 0. The molecule has 0 bridgehead atoms. The van der Waals surface area contributed by atoms with Gasteiger partial charge in [-0.2, -0.15) is 3.84 Å². The van der Waals surface area contributed by atoms with E-state index in [0.717, 1.165) is 0 Å². The molecule has 0 atom stereocenters. The van der Waals surface area contributed by atoms with Crippen LogP contribution in [0.1, 0.15) is 0 Å². The van der Waals surface area contributed by atoms with Crippen LogP contribution in [0.2, 0.25) is 0 Å². The fraction of sp³-hybridized carbons (Fsp3) is 0. The van der Waals surface area contributed by atoms with Gasteiger partial charge in [0.15, 0.2) is 0 Å². The van der Waals surface area contributed by atoms with Crippen molar-refractivity contribution in [1.29, 1.82) is 0 Å².